The van der Waals surface area contributed by atoms with Crippen molar-refractivity contribution in [3.8, 4) is 0 Å². The minimum absolute atomic E-state index is 0.0369. The highest BCUT2D eigenvalue weighted by atomic mass is 16.3. The number of fused-ring (bicyclic) bond motifs is 5. The maximum absolute atomic E-state index is 12.6. The Balaban J connectivity index is 1.75. The number of carbonyl (C=O) groups excluding carboxylic acids is 2. The molecule has 0 saturated heterocycles. The lowest BCUT2D eigenvalue weighted by molar-refractivity contribution is -0.176. The first-order valence-corrected chi connectivity index (χ1v) is 10.1. The number of aliphatic hydroxyl groups is 2. The molecule has 4 aliphatic carbocycles. The molecule has 0 amide bonds. The van der Waals surface area contributed by atoms with Crippen LogP contribution in [0.15, 0.2) is 23.8 Å². The zero-order chi connectivity index (χ0) is 18.9. The molecule has 3 saturated carbocycles. The van der Waals surface area contributed by atoms with E-state index in [1.807, 2.05) is 19.9 Å². The van der Waals surface area contributed by atoms with Gasteiger partial charge in [0.2, 0.25) is 0 Å². The van der Waals surface area contributed by atoms with Crippen LogP contribution in [-0.2, 0) is 9.59 Å². The summed E-state index contributed by atoms with van der Waals surface area (Å²) in [6.07, 6.45) is 8.70. The van der Waals surface area contributed by atoms with Crippen molar-refractivity contribution in [2.75, 3.05) is 0 Å². The first-order valence-electron chi connectivity index (χ1n) is 10.1. The molecular formula is C22H30O4. The highest BCUT2D eigenvalue weighted by Gasteiger charge is 2.67. The van der Waals surface area contributed by atoms with Crippen LogP contribution in [-0.4, -0.2) is 33.5 Å². The van der Waals surface area contributed by atoms with Crippen molar-refractivity contribution in [1.82, 2.24) is 0 Å². The zero-order valence-electron chi connectivity index (χ0n) is 16.0. The van der Waals surface area contributed by atoms with Crippen molar-refractivity contribution in [3.63, 3.8) is 0 Å². The van der Waals surface area contributed by atoms with Crippen LogP contribution in [0.4, 0.5) is 0 Å². The summed E-state index contributed by atoms with van der Waals surface area (Å²) in [4.78, 5) is 24.4. The molecule has 0 heterocycles. The molecule has 142 valence electrons. The number of rotatable bonds is 2. The van der Waals surface area contributed by atoms with Gasteiger partial charge in [0.1, 0.15) is 5.60 Å². The minimum Gasteiger partial charge on any atom is -0.393 e. The second kappa shape index (κ2) is 5.62. The predicted molar refractivity (Wildman–Crippen MR) is 98.3 cm³/mol. The Hall–Kier alpha value is -1.26. The van der Waals surface area contributed by atoms with Crippen molar-refractivity contribution >= 4 is 11.6 Å². The fraction of sp³-hybridized carbons (Fsp3) is 0.727. The molecule has 4 rings (SSSR count). The van der Waals surface area contributed by atoms with Crippen molar-refractivity contribution in [1.29, 1.82) is 0 Å². The van der Waals surface area contributed by atoms with E-state index in [0.29, 0.717) is 19.3 Å². The van der Waals surface area contributed by atoms with E-state index in [0.717, 1.165) is 24.8 Å². The number of aliphatic hydroxyl groups excluding tert-OH is 1. The Labute approximate surface area is 155 Å². The van der Waals surface area contributed by atoms with Gasteiger partial charge in [-0.3, -0.25) is 9.59 Å². The van der Waals surface area contributed by atoms with Crippen molar-refractivity contribution in [2.45, 2.75) is 71.0 Å². The molecule has 0 aromatic rings. The third kappa shape index (κ3) is 2.09. The molecule has 0 aromatic carbocycles. The number of hydrogen-bond acceptors (Lipinski definition) is 4. The Morgan fingerprint density at radius 3 is 2.73 bits per heavy atom. The standard InChI is InChI=1S/C22H30O4/c1-4-18(25)22(26)10-8-16-15-6-5-13-11-14(23)7-9-20(13,2)19(15)17(24)12-21(16,22)3/h7,9,11,15-17,19,24,26H,4-6,8,10,12H2,1-3H3/t15?,16?,17?,19?,20-,21-,22-/m0/s1. The van der Waals surface area contributed by atoms with E-state index < -0.39 is 17.1 Å². The summed E-state index contributed by atoms with van der Waals surface area (Å²) in [7, 11) is 0. The van der Waals surface area contributed by atoms with Crippen LogP contribution in [0.2, 0.25) is 0 Å². The van der Waals surface area contributed by atoms with Crippen LogP contribution in [0, 0.1) is 28.6 Å². The summed E-state index contributed by atoms with van der Waals surface area (Å²) in [5, 5.41) is 22.5. The molecule has 0 aliphatic heterocycles. The highest BCUT2D eigenvalue weighted by Crippen LogP contribution is 2.67. The maximum atomic E-state index is 12.6. The van der Waals surface area contributed by atoms with Crippen LogP contribution in [0.3, 0.4) is 0 Å². The second-order valence-corrected chi connectivity index (χ2v) is 9.39. The summed E-state index contributed by atoms with van der Waals surface area (Å²) in [5.74, 6) is 0.501. The summed E-state index contributed by atoms with van der Waals surface area (Å²) in [5.41, 5.74) is -1.04. The Morgan fingerprint density at radius 2 is 2.04 bits per heavy atom. The highest BCUT2D eigenvalue weighted by molar-refractivity contribution is 6.01. The lowest BCUT2D eigenvalue weighted by Crippen LogP contribution is -2.61. The van der Waals surface area contributed by atoms with E-state index in [2.05, 4.69) is 6.92 Å². The fourth-order valence-electron chi connectivity index (χ4n) is 7.08. The van der Waals surface area contributed by atoms with Gasteiger partial charge < -0.3 is 10.2 Å². The average molecular weight is 358 g/mol. The Morgan fingerprint density at radius 1 is 1.31 bits per heavy atom. The van der Waals surface area contributed by atoms with Crippen LogP contribution in [0.5, 0.6) is 0 Å². The van der Waals surface area contributed by atoms with Crippen LogP contribution in [0.25, 0.3) is 0 Å². The molecular weight excluding hydrogens is 328 g/mol. The van der Waals surface area contributed by atoms with E-state index in [9.17, 15) is 19.8 Å². The molecule has 4 heteroatoms. The first-order chi connectivity index (χ1) is 12.2. The lowest BCUT2D eigenvalue weighted by atomic mass is 9.46. The molecule has 4 nitrogen and oxygen atoms in total. The summed E-state index contributed by atoms with van der Waals surface area (Å²) < 4.78 is 0. The monoisotopic (exact) mass is 358 g/mol. The van der Waals surface area contributed by atoms with Crippen LogP contribution >= 0.6 is 0 Å². The summed E-state index contributed by atoms with van der Waals surface area (Å²) >= 11 is 0. The largest absolute Gasteiger partial charge is 0.393 e. The van der Waals surface area contributed by atoms with Crippen molar-refractivity contribution in [2.24, 2.45) is 28.6 Å². The van der Waals surface area contributed by atoms with Gasteiger partial charge in [-0.05, 0) is 56.1 Å². The maximum Gasteiger partial charge on any atom is 0.178 e. The number of Topliss-reactive ketones (excluding diaryl/α,β-unsaturated/α-hetero) is 1. The van der Waals surface area contributed by atoms with Gasteiger partial charge in [-0.25, -0.2) is 0 Å². The molecule has 26 heavy (non-hydrogen) atoms. The topological polar surface area (TPSA) is 74.6 Å². The normalized spacial score (nSPS) is 49.9. The molecule has 0 radical (unpaired) electrons. The third-order valence-corrected chi connectivity index (χ3v) is 8.43. The SMILES string of the molecule is CCC(=O)[C@@]1(O)CCC2C3CCC4=CC(=O)C=C[C@]4(C)C3C(O)C[C@@]21C. The van der Waals surface area contributed by atoms with E-state index in [1.54, 1.807) is 12.2 Å². The molecule has 4 aliphatic rings. The van der Waals surface area contributed by atoms with Gasteiger partial charge in [0.05, 0.1) is 6.10 Å². The van der Waals surface area contributed by atoms with E-state index in [4.69, 9.17) is 0 Å². The van der Waals surface area contributed by atoms with Gasteiger partial charge in [-0.15, -0.1) is 0 Å². The first kappa shape index (κ1) is 18.1. The fourth-order valence-corrected chi connectivity index (χ4v) is 7.08. The van der Waals surface area contributed by atoms with Gasteiger partial charge in [0, 0.05) is 23.2 Å². The second-order valence-electron chi connectivity index (χ2n) is 9.39. The minimum atomic E-state index is -1.31. The summed E-state index contributed by atoms with van der Waals surface area (Å²) in [6, 6.07) is 0. The molecule has 0 aromatic heterocycles. The zero-order valence-corrected chi connectivity index (χ0v) is 16.0. The molecule has 0 bridgehead atoms. The number of allylic oxidation sites excluding steroid dienone is 4. The molecule has 7 atom stereocenters. The van der Waals surface area contributed by atoms with E-state index in [-0.39, 0.29) is 34.7 Å². The van der Waals surface area contributed by atoms with Crippen LogP contribution < -0.4 is 0 Å². The average Bonchev–Trinajstić information content (AvgIpc) is 2.86. The molecule has 3 fully saturated rings. The number of ketones is 2. The smallest absolute Gasteiger partial charge is 0.178 e. The van der Waals surface area contributed by atoms with Gasteiger partial charge in [0.15, 0.2) is 11.6 Å². The van der Waals surface area contributed by atoms with Gasteiger partial charge in [-0.2, -0.15) is 0 Å². The molecule has 0 spiro atoms. The lowest BCUT2D eigenvalue weighted by Gasteiger charge is -2.59. The van der Waals surface area contributed by atoms with Gasteiger partial charge in [0.25, 0.3) is 0 Å². The predicted octanol–water partition coefficient (Wildman–Crippen LogP) is 2.98. The van der Waals surface area contributed by atoms with Crippen molar-refractivity contribution in [3.05, 3.63) is 23.8 Å². The Kier molecular flexibility index (Phi) is 3.92. The molecule has 2 N–H and O–H groups in total. The van der Waals surface area contributed by atoms with Gasteiger partial charge in [-0.1, -0.05) is 32.4 Å². The van der Waals surface area contributed by atoms with E-state index in [1.165, 1.54) is 0 Å². The quantitative estimate of drug-likeness (QED) is 0.796. The summed E-state index contributed by atoms with van der Waals surface area (Å²) in [6.45, 7) is 5.97. The van der Waals surface area contributed by atoms with E-state index >= 15 is 0 Å². The van der Waals surface area contributed by atoms with Crippen molar-refractivity contribution < 1.29 is 19.8 Å². The molecule has 4 unspecified atom stereocenters. The third-order valence-electron chi connectivity index (χ3n) is 8.43. The van der Waals surface area contributed by atoms with Crippen LogP contribution in [0.1, 0.15) is 59.3 Å². The number of hydrogen-bond donors (Lipinski definition) is 2. The Bertz CT molecular complexity index is 722. The van der Waals surface area contributed by atoms with Gasteiger partial charge >= 0.3 is 0 Å². The number of carbonyl (C=O) groups is 2.